The highest BCUT2D eigenvalue weighted by Crippen LogP contribution is 2.21. The molecule has 0 radical (unpaired) electrons. The lowest BCUT2D eigenvalue weighted by atomic mass is 10.1. The first kappa shape index (κ1) is 14.7. The molecule has 0 aromatic heterocycles. The first-order chi connectivity index (χ1) is 9.51. The van der Waals surface area contributed by atoms with Crippen LogP contribution in [0.4, 0.5) is 5.69 Å². The Balaban J connectivity index is 2.25. The van der Waals surface area contributed by atoms with Crippen LogP contribution >= 0.6 is 11.8 Å². The number of carbonyl (C=O) groups excluding carboxylic acids is 1. The molecular formula is C17H19NOS. The second-order valence-electron chi connectivity index (χ2n) is 4.93. The number of thioether (sulfide) groups is 1. The van der Waals surface area contributed by atoms with Gasteiger partial charge in [0.05, 0.1) is 0 Å². The zero-order valence-corrected chi connectivity index (χ0v) is 13.1. The zero-order chi connectivity index (χ0) is 14.7. The van der Waals surface area contributed by atoms with E-state index in [2.05, 4.69) is 12.2 Å². The summed E-state index contributed by atoms with van der Waals surface area (Å²) < 4.78 is 0. The molecule has 0 spiro atoms. The number of anilines is 1. The highest BCUT2D eigenvalue weighted by Gasteiger charge is 2.10. The van der Waals surface area contributed by atoms with Crippen LogP contribution in [0.3, 0.4) is 0 Å². The largest absolute Gasteiger partial charge is 0.322 e. The summed E-state index contributed by atoms with van der Waals surface area (Å²) in [6.07, 6.45) is 2.01. The third kappa shape index (κ3) is 3.23. The van der Waals surface area contributed by atoms with Gasteiger partial charge in [0.25, 0.3) is 5.91 Å². The fourth-order valence-electron chi connectivity index (χ4n) is 1.99. The third-order valence-electron chi connectivity index (χ3n) is 3.45. The van der Waals surface area contributed by atoms with E-state index < -0.39 is 0 Å². The van der Waals surface area contributed by atoms with Crippen LogP contribution in [0.25, 0.3) is 0 Å². The van der Waals surface area contributed by atoms with E-state index in [1.54, 1.807) is 11.8 Å². The van der Waals surface area contributed by atoms with Gasteiger partial charge in [-0.25, -0.2) is 0 Å². The van der Waals surface area contributed by atoms with Crippen molar-refractivity contribution in [1.82, 2.24) is 0 Å². The van der Waals surface area contributed by atoms with Gasteiger partial charge in [-0.05, 0) is 68.0 Å². The molecule has 1 amide bonds. The lowest BCUT2D eigenvalue weighted by Crippen LogP contribution is -2.13. The van der Waals surface area contributed by atoms with Crippen molar-refractivity contribution in [2.75, 3.05) is 11.6 Å². The average molecular weight is 285 g/mol. The summed E-state index contributed by atoms with van der Waals surface area (Å²) in [6, 6.07) is 11.9. The molecule has 1 N–H and O–H groups in total. The maximum absolute atomic E-state index is 12.4. The van der Waals surface area contributed by atoms with Crippen LogP contribution in [0.2, 0.25) is 0 Å². The van der Waals surface area contributed by atoms with Crippen molar-refractivity contribution in [1.29, 1.82) is 0 Å². The molecule has 0 saturated carbocycles. The topological polar surface area (TPSA) is 29.1 Å². The van der Waals surface area contributed by atoms with E-state index in [1.165, 1.54) is 11.1 Å². The van der Waals surface area contributed by atoms with E-state index in [0.717, 1.165) is 21.7 Å². The van der Waals surface area contributed by atoms with Crippen LogP contribution in [0.15, 0.2) is 41.3 Å². The van der Waals surface area contributed by atoms with Gasteiger partial charge in [0.1, 0.15) is 0 Å². The number of benzene rings is 2. The molecule has 2 aromatic carbocycles. The number of rotatable bonds is 3. The molecule has 0 aliphatic carbocycles. The summed E-state index contributed by atoms with van der Waals surface area (Å²) >= 11 is 1.64. The van der Waals surface area contributed by atoms with Crippen LogP contribution < -0.4 is 5.32 Å². The Hall–Kier alpha value is -1.74. The summed E-state index contributed by atoms with van der Waals surface area (Å²) in [6.45, 7) is 6.07. The Labute approximate surface area is 124 Å². The van der Waals surface area contributed by atoms with Crippen molar-refractivity contribution in [3.8, 4) is 0 Å². The molecule has 0 atom stereocenters. The van der Waals surface area contributed by atoms with E-state index in [9.17, 15) is 4.79 Å². The summed E-state index contributed by atoms with van der Waals surface area (Å²) in [7, 11) is 0. The molecule has 104 valence electrons. The Bertz CT molecular complexity index is 649. The predicted octanol–water partition coefficient (Wildman–Crippen LogP) is 4.59. The minimum atomic E-state index is -0.0540. The Morgan fingerprint density at radius 1 is 0.950 bits per heavy atom. The standard InChI is InChI=1S/C17H19NOS/c1-11-5-7-14(9-13(11)3)18-17(19)16-10-15(20-4)8-6-12(16)2/h5-10H,1-4H3,(H,18,19). The number of amides is 1. The van der Waals surface area contributed by atoms with Gasteiger partial charge < -0.3 is 5.32 Å². The average Bonchev–Trinajstić information content (AvgIpc) is 2.43. The molecule has 0 aliphatic heterocycles. The fraction of sp³-hybridized carbons (Fsp3) is 0.235. The second kappa shape index (κ2) is 6.14. The molecule has 0 saturated heterocycles. The lowest BCUT2D eigenvalue weighted by Gasteiger charge is -2.10. The van der Waals surface area contributed by atoms with Gasteiger partial charge >= 0.3 is 0 Å². The number of hydrogen-bond acceptors (Lipinski definition) is 2. The molecule has 3 heteroatoms. The van der Waals surface area contributed by atoms with Crippen LogP contribution in [-0.2, 0) is 0 Å². The molecule has 0 fully saturated rings. The van der Waals surface area contributed by atoms with E-state index >= 15 is 0 Å². The van der Waals surface area contributed by atoms with E-state index in [1.807, 2.05) is 56.5 Å². The zero-order valence-electron chi connectivity index (χ0n) is 12.3. The minimum Gasteiger partial charge on any atom is -0.322 e. The summed E-state index contributed by atoms with van der Waals surface area (Å²) in [5.41, 5.74) is 4.97. The Kier molecular flexibility index (Phi) is 4.50. The summed E-state index contributed by atoms with van der Waals surface area (Å²) in [5, 5.41) is 2.97. The van der Waals surface area contributed by atoms with Crippen molar-refractivity contribution in [2.45, 2.75) is 25.7 Å². The molecule has 2 aromatic rings. The summed E-state index contributed by atoms with van der Waals surface area (Å²) in [4.78, 5) is 13.5. The first-order valence-electron chi connectivity index (χ1n) is 6.54. The van der Waals surface area contributed by atoms with Crippen LogP contribution in [0, 0.1) is 20.8 Å². The van der Waals surface area contributed by atoms with Gasteiger partial charge in [-0.2, -0.15) is 0 Å². The van der Waals surface area contributed by atoms with Gasteiger partial charge in [-0.15, -0.1) is 11.8 Å². The molecule has 2 nitrogen and oxygen atoms in total. The molecule has 2 rings (SSSR count). The number of hydrogen-bond donors (Lipinski definition) is 1. The smallest absolute Gasteiger partial charge is 0.255 e. The molecule has 20 heavy (non-hydrogen) atoms. The normalized spacial score (nSPS) is 10.4. The van der Waals surface area contributed by atoms with Crippen molar-refractivity contribution in [3.63, 3.8) is 0 Å². The quantitative estimate of drug-likeness (QED) is 0.836. The molecule has 0 bridgehead atoms. The van der Waals surface area contributed by atoms with Crippen LogP contribution in [0.5, 0.6) is 0 Å². The maximum Gasteiger partial charge on any atom is 0.255 e. The fourth-order valence-corrected chi connectivity index (χ4v) is 2.43. The Morgan fingerprint density at radius 3 is 2.30 bits per heavy atom. The van der Waals surface area contributed by atoms with Crippen molar-refractivity contribution >= 4 is 23.4 Å². The van der Waals surface area contributed by atoms with E-state index in [0.29, 0.717) is 0 Å². The number of nitrogens with one attached hydrogen (secondary N) is 1. The molecule has 0 unspecified atom stereocenters. The van der Waals surface area contributed by atoms with Crippen LogP contribution in [0.1, 0.15) is 27.0 Å². The van der Waals surface area contributed by atoms with Gasteiger partial charge in [-0.3, -0.25) is 4.79 Å². The summed E-state index contributed by atoms with van der Waals surface area (Å²) in [5.74, 6) is -0.0540. The van der Waals surface area contributed by atoms with Gasteiger partial charge in [-0.1, -0.05) is 12.1 Å². The minimum absolute atomic E-state index is 0.0540. The lowest BCUT2D eigenvalue weighted by molar-refractivity contribution is 0.102. The van der Waals surface area contributed by atoms with Gasteiger partial charge in [0, 0.05) is 16.1 Å². The van der Waals surface area contributed by atoms with E-state index in [-0.39, 0.29) is 5.91 Å². The van der Waals surface area contributed by atoms with Gasteiger partial charge in [0.2, 0.25) is 0 Å². The highest BCUT2D eigenvalue weighted by molar-refractivity contribution is 7.98. The number of aryl methyl sites for hydroxylation is 3. The van der Waals surface area contributed by atoms with Crippen LogP contribution in [-0.4, -0.2) is 12.2 Å². The highest BCUT2D eigenvalue weighted by atomic mass is 32.2. The maximum atomic E-state index is 12.4. The van der Waals surface area contributed by atoms with Crippen molar-refractivity contribution < 1.29 is 4.79 Å². The van der Waals surface area contributed by atoms with Crippen molar-refractivity contribution in [3.05, 3.63) is 58.7 Å². The predicted molar refractivity (Wildman–Crippen MR) is 86.8 cm³/mol. The first-order valence-corrected chi connectivity index (χ1v) is 7.77. The second-order valence-corrected chi connectivity index (χ2v) is 5.81. The van der Waals surface area contributed by atoms with E-state index in [4.69, 9.17) is 0 Å². The third-order valence-corrected chi connectivity index (χ3v) is 4.18. The van der Waals surface area contributed by atoms with Crippen molar-refractivity contribution in [2.24, 2.45) is 0 Å². The van der Waals surface area contributed by atoms with Gasteiger partial charge in [0.15, 0.2) is 0 Å². The number of carbonyl (C=O) groups is 1. The Morgan fingerprint density at radius 2 is 1.65 bits per heavy atom. The monoisotopic (exact) mass is 285 g/mol. The molecule has 0 aliphatic rings. The molecule has 0 heterocycles. The molecular weight excluding hydrogens is 266 g/mol. The SMILES string of the molecule is CSc1ccc(C)c(C(=O)Nc2ccc(C)c(C)c2)c1.